The van der Waals surface area contributed by atoms with Crippen LogP contribution in [0.5, 0.6) is 5.75 Å². The summed E-state index contributed by atoms with van der Waals surface area (Å²) in [6, 6.07) is 22.5. The average Bonchev–Trinajstić information content (AvgIpc) is 2.82. The number of anilines is 1. The number of carbonyl (C=O) groups is 1. The highest BCUT2D eigenvalue weighted by molar-refractivity contribution is 7.92. The van der Waals surface area contributed by atoms with Gasteiger partial charge in [-0.1, -0.05) is 60.1 Å². The fraction of sp³-hybridized carbons (Fsp3) is 0.240. The maximum absolute atomic E-state index is 13.4. The SMILES string of the molecule is COc1ccc(N(CC(=O)N[C@@H](C)CCc2ccccc2)S(=O)(=O)c2ccccc2)cc1Cl. The van der Waals surface area contributed by atoms with Gasteiger partial charge in [0, 0.05) is 6.04 Å². The first-order chi connectivity index (χ1) is 15.8. The Bertz CT molecular complexity index is 1170. The predicted molar refractivity (Wildman–Crippen MR) is 131 cm³/mol. The monoisotopic (exact) mass is 486 g/mol. The van der Waals surface area contributed by atoms with Crippen LogP contribution in [0.25, 0.3) is 0 Å². The Hall–Kier alpha value is -3.03. The molecule has 174 valence electrons. The lowest BCUT2D eigenvalue weighted by atomic mass is 10.1. The van der Waals surface area contributed by atoms with Crippen molar-refractivity contribution in [3.05, 3.63) is 89.4 Å². The molecule has 0 saturated heterocycles. The molecule has 0 fully saturated rings. The van der Waals surface area contributed by atoms with Gasteiger partial charge >= 0.3 is 0 Å². The summed E-state index contributed by atoms with van der Waals surface area (Å²) in [4.78, 5) is 12.9. The van der Waals surface area contributed by atoms with E-state index < -0.39 is 15.9 Å². The molecular weight excluding hydrogens is 460 g/mol. The first-order valence-electron chi connectivity index (χ1n) is 10.6. The summed E-state index contributed by atoms with van der Waals surface area (Å²) in [5.74, 6) is 0.0125. The highest BCUT2D eigenvalue weighted by atomic mass is 35.5. The molecule has 1 atom stereocenters. The number of hydrogen-bond acceptors (Lipinski definition) is 4. The van der Waals surface area contributed by atoms with Gasteiger partial charge in [-0.2, -0.15) is 0 Å². The molecule has 6 nitrogen and oxygen atoms in total. The largest absolute Gasteiger partial charge is 0.495 e. The number of aryl methyl sites for hydroxylation is 1. The molecule has 0 aliphatic carbocycles. The zero-order valence-electron chi connectivity index (χ0n) is 18.6. The van der Waals surface area contributed by atoms with Crippen LogP contribution >= 0.6 is 11.6 Å². The second-order valence-corrected chi connectivity index (χ2v) is 9.91. The molecule has 0 saturated carbocycles. The molecule has 1 amide bonds. The van der Waals surface area contributed by atoms with Gasteiger partial charge in [0.05, 0.1) is 22.7 Å². The Balaban J connectivity index is 1.79. The number of rotatable bonds is 10. The van der Waals surface area contributed by atoms with Gasteiger partial charge in [0.2, 0.25) is 5.91 Å². The van der Waals surface area contributed by atoms with E-state index in [4.69, 9.17) is 16.3 Å². The Morgan fingerprint density at radius 2 is 1.67 bits per heavy atom. The topological polar surface area (TPSA) is 75.7 Å². The molecule has 0 aliphatic heterocycles. The average molecular weight is 487 g/mol. The van der Waals surface area contributed by atoms with E-state index in [9.17, 15) is 13.2 Å². The summed E-state index contributed by atoms with van der Waals surface area (Å²) < 4.78 is 33.0. The summed E-state index contributed by atoms with van der Waals surface area (Å²) in [5.41, 5.74) is 1.46. The molecule has 3 rings (SSSR count). The van der Waals surface area contributed by atoms with Crippen LogP contribution in [0.4, 0.5) is 5.69 Å². The van der Waals surface area contributed by atoms with Crippen LogP contribution in [-0.4, -0.2) is 34.0 Å². The van der Waals surface area contributed by atoms with Crippen molar-refractivity contribution in [2.45, 2.75) is 30.7 Å². The molecule has 0 heterocycles. The van der Waals surface area contributed by atoms with Gasteiger partial charge < -0.3 is 10.1 Å². The van der Waals surface area contributed by atoms with Gasteiger partial charge in [0.15, 0.2) is 0 Å². The number of carbonyl (C=O) groups excluding carboxylic acids is 1. The van der Waals surface area contributed by atoms with E-state index in [2.05, 4.69) is 5.32 Å². The second-order valence-electron chi connectivity index (χ2n) is 7.64. The Labute approximate surface area is 200 Å². The third-order valence-corrected chi connectivity index (χ3v) is 7.24. The summed E-state index contributed by atoms with van der Waals surface area (Å²) in [5, 5.41) is 3.16. The minimum absolute atomic E-state index is 0.0851. The van der Waals surface area contributed by atoms with Crippen molar-refractivity contribution in [2.75, 3.05) is 18.0 Å². The molecule has 3 aromatic carbocycles. The summed E-state index contributed by atoms with van der Waals surface area (Å²) in [6.07, 6.45) is 1.54. The second kappa shape index (κ2) is 11.2. The minimum Gasteiger partial charge on any atom is -0.495 e. The van der Waals surface area contributed by atoms with E-state index in [1.165, 1.54) is 30.9 Å². The third-order valence-electron chi connectivity index (χ3n) is 5.16. The highest BCUT2D eigenvalue weighted by Gasteiger charge is 2.28. The number of hydrogen-bond donors (Lipinski definition) is 1. The van der Waals surface area contributed by atoms with E-state index in [0.29, 0.717) is 5.75 Å². The molecule has 0 radical (unpaired) electrons. The van der Waals surface area contributed by atoms with Crippen LogP contribution in [0, 0.1) is 0 Å². The molecule has 8 heteroatoms. The van der Waals surface area contributed by atoms with Crippen LogP contribution in [0.1, 0.15) is 18.9 Å². The van der Waals surface area contributed by atoms with E-state index in [1.807, 2.05) is 37.3 Å². The standard InChI is InChI=1S/C25H27ClN2O4S/c1-19(13-14-20-9-5-3-6-10-20)27-25(29)18-28(21-15-16-24(32-2)23(26)17-21)33(30,31)22-11-7-4-8-12-22/h3-12,15-17,19H,13-14,18H2,1-2H3,(H,27,29)/t19-/m0/s1. The van der Waals surface area contributed by atoms with Crippen LogP contribution in [-0.2, 0) is 21.2 Å². The van der Waals surface area contributed by atoms with E-state index in [0.717, 1.165) is 17.1 Å². The highest BCUT2D eigenvalue weighted by Crippen LogP contribution is 2.31. The van der Waals surface area contributed by atoms with Gasteiger partial charge in [-0.05, 0) is 55.7 Å². The molecule has 0 spiro atoms. The van der Waals surface area contributed by atoms with Crippen molar-refractivity contribution in [2.24, 2.45) is 0 Å². The molecular formula is C25H27ClN2O4S. The van der Waals surface area contributed by atoms with Crippen LogP contribution in [0.3, 0.4) is 0 Å². The lowest BCUT2D eigenvalue weighted by Gasteiger charge is -2.25. The summed E-state index contributed by atoms with van der Waals surface area (Å²) in [7, 11) is -2.53. The normalized spacial score (nSPS) is 12.1. The van der Waals surface area contributed by atoms with Crippen LogP contribution in [0.15, 0.2) is 83.8 Å². The fourth-order valence-corrected chi connectivity index (χ4v) is 5.08. The number of amides is 1. The lowest BCUT2D eigenvalue weighted by Crippen LogP contribution is -2.43. The van der Waals surface area contributed by atoms with Gasteiger partial charge in [0.1, 0.15) is 12.3 Å². The quantitative estimate of drug-likeness (QED) is 0.451. The van der Waals surface area contributed by atoms with Crippen LogP contribution < -0.4 is 14.4 Å². The Morgan fingerprint density at radius 3 is 2.27 bits per heavy atom. The van der Waals surface area contributed by atoms with Crippen molar-refractivity contribution in [1.82, 2.24) is 5.32 Å². The zero-order chi connectivity index (χ0) is 23.8. The number of methoxy groups -OCH3 is 1. The van der Waals surface area contributed by atoms with Gasteiger partial charge in [-0.15, -0.1) is 0 Å². The molecule has 3 aromatic rings. The lowest BCUT2D eigenvalue weighted by molar-refractivity contribution is -0.120. The number of sulfonamides is 1. The molecule has 0 bridgehead atoms. The van der Waals surface area contributed by atoms with Gasteiger partial charge in [-0.3, -0.25) is 9.10 Å². The first-order valence-corrected chi connectivity index (χ1v) is 12.4. The Morgan fingerprint density at radius 1 is 1.03 bits per heavy atom. The van der Waals surface area contributed by atoms with Crippen molar-refractivity contribution in [3.8, 4) is 5.75 Å². The van der Waals surface area contributed by atoms with E-state index in [1.54, 1.807) is 30.3 Å². The third kappa shape index (κ3) is 6.49. The van der Waals surface area contributed by atoms with Gasteiger partial charge in [-0.25, -0.2) is 8.42 Å². The van der Waals surface area contributed by atoms with E-state index in [-0.39, 0.29) is 28.2 Å². The molecule has 0 aliphatic rings. The minimum atomic E-state index is -4.00. The zero-order valence-corrected chi connectivity index (χ0v) is 20.1. The van der Waals surface area contributed by atoms with E-state index >= 15 is 0 Å². The smallest absolute Gasteiger partial charge is 0.264 e. The number of ether oxygens (including phenoxy) is 1. The first kappa shape index (κ1) is 24.6. The fourth-order valence-electron chi connectivity index (χ4n) is 3.40. The van der Waals surface area contributed by atoms with Crippen molar-refractivity contribution < 1.29 is 17.9 Å². The van der Waals surface area contributed by atoms with Crippen LogP contribution in [0.2, 0.25) is 5.02 Å². The number of benzene rings is 3. The number of nitrogens with one attached hydrogen (secondary N) is 1. The molecule has 0 aromatic heterocycles. The van der Waals surface area contributed by atoms with Gasteiger partial charge in [0.25, 0.3) is 10.0 Å². The Kier molecular flexibility index (Phi) is 8.36. The maximum atomic E-state index is 13.4. The summed E-state index contributed by atoms with van der Waals surface area (Å²) in [6.45, 7) is 1.52. The predicted octanol–water partition coefficient (Wildman–Crippen LogP) is 4.68. The molecule has 33 heavy (non-hydrogen) atoms. The molecule has 0 unspecified atom stereocenters. The van der Waals surface area contributed by atoms with Crippen molar-refractivity contribution in [3.63, 3.8) is 0 Å². The van der Waals surface area contributed by atoms with Crippen molar-refractivity contribution >= 4 is 33.2 Å². The summed E-state index contributed by atoms with van der Waals surface area (Å²) >= 11 is 6.24. The molecule has 1 N–H and O–H groups in total. The number of halogens is 1. The maximum Gasteiger partial charge on any atom is 0.264 e. The number of nitrogens with zero attached hydrogens (tertiary/aromatic N) is 1. The van der Waals surface area contributed by atoms with Crippen molar-refractivity contribution in [1.29, 1.82) is 0 Å².